The van der Waals surface area contributed by atoms with Gasteiger partial charge in [0.15, 0.2) is 0 Å². The number of aliphatic hydroxyl groups is 3. The maximum Gasteiger partial charge on any atom is 0.136 e. The highest BCUT2D eigenvalue weighted by Gasteiger charge is 2.24. The molecule has 0 aliphatic heterocycles. The molecule has 0 radical (unpaired) electrons. The van der Waals surface area contributed by atoms with Gasteiger partial charge in [-0.05, 0) is 20.3 Å². The monoisotopic (exact) mass is 182 g/mol. The predicted molar refractivity (Wildman–Crippen MR) is 50.4 cm³/mol. The molecule has 0 fully saturated rings. The lowest BCUT2D eigenvalue weighted by molar-refractivity contribution is 0.184. The van der Waals surface area contributed by atoms with Crippen molar-refractivity contribution >= 4 is 0 Å². The second kappa shape index (κ2) is 3.66. The first-order chi connectivity index (χ1) is 6.02. The SMILES string of the molecule is CC(C)=CCC1=C(O)C=C(O)C1O. The molecule has 0 aromatic heterocycles. The third-order valence-corrected chi connectivity index (χ3v) is 1.95. The van der Waals surface area contributed by atoms with Gasteiger partial charge < -0.3 is 15.3 Å². The third-order valence-electron chi connectivity index (χ3n) is 1.95. The van der Waals surface area contributed by atoms with Gasteiger partial charge in [-0.15, -0.1) is 0 Å². The van der Waals surface area contributed by atoms with Crippen LogP contribution in [0.4, 0.5) is 0 Å². The topological polar surface area (TPSA) is 60.7 Å². The third kappa shape index (κ3) is 2.12. The predicted octanol–water partition coefficient (Wildman–Crippen LogP) is 1.97. The maximum atomic E-state index is 9.38. The van der Waals surface area contributed by atoms with Crippen LogP contribution in [-0.2, 0) is 0 Å². The Morgan fingerprint density at radius 2 is 2.08 bits per heavy atom. The van der Waals surface area contributed by atoms with Crippen molar-refractivity contribution in [3.05, 3.63) is 34.8 Å². The first-order valence-electron chi connectivity index (χ1n) is 4.16. The fourth-order valence-corrected chi connectivity index (χ4v) is 1.16. The summed E-state index contributed by atoms with van der Waals surface area (Å²) in [4.78, 5) is 0. The van der Waals surface area contributed by atoms with Crippen LogP contribution in [0.1, 0.15) is 20.3 Å². The van der Waals surface area contributed by atoms with Crippen LogP contribution in [0.5, 0.6) is 0 Å². The summed E-state index contributed by atoms with van der Waals surface area (Å²) in [5.74, 6) is -0.211. The maximum absolute atomic E-state index is 9.38. The molecule has 1 aliphatic rings. The Morgan fingerprint density at radius 1 is 1.46 bits per heavy atom. The molecule has 3 heteroatoms. The lowest BCUT2D eigenvalue weighted by atomic mass is 10.1. The largest absolute Gasteiger partial charge is 0.509 e. The number of rotatable bonds is 2. The van der Waals surface area contributed by atoms with Gasteiger partial charge in [0, 0.05) is 11.6 Å². The molecule has 0 spiro atoms. The van der Waals surface area contributed by atoms with E-state index in [2.05, 4.69) is 0 Å². The quantitative estimate of drug-likeness (QED) is 0.572. The van der Waals surface area contributed by atoms with Crippen molar-refractivity contribution in [3.63, 3.8) is 0 Å². The highest BCUT2D eigenvalue weighted by Crippen LogP contribution is 2.25. The van der Waals surface area contributed by atoms with E-state index < -0.39 is 6.10 Å². The molecule has 1 aliphatic carbocycles. The van der Waals surface area contributed by atoms with Crippen LogP contribution in [0.3, 0.4) is 0 Å². The Labute approximate surface area is 77.3 Å². The molecule has 0 bridgehead atoms. The smallest absolute Gasteiger partial charge is 0.136 e. The normalized spacial score (nSPS) is 21.8. The molecule has 0 aromatic rings. The van der Waals surface area contributed by atoms with E-state index in [9.17, 15) is 10.2 Å². The molecule has 0 amide bonds. The van der Waals surface area contributed by atoms with E-state index in [4.69, 9.17) is 5.11 Å². The summed E-state index contributed by atoms with van der Waals surface area (Å²) in [6.45, 7) is 3.87. The molecular weight excluding hydrogens is 168 g/mol. The average Bonchev–Trinajstić information content (AvgIpc) is 2.24. The molecule has 3 N–H and O–H groups in total. The zero-order valence-corrected chi connectivity index (χ0v) is 7.78. The minimum atomic E-state index is -1.03. The van der Waals surface area contributed by atoms with E-state index in [1.807, 2.05) is 19.9 Å². The second-order valence-electron chi connectivity index (χ2n) is 3.37. The Morgan fingerprint density at radius 3 is 2.46 bits per heavy atom. The van der Waals surface area contributed by atoms with Crippen LogP contribution in [0.25, 0.3) is 0 Å². The summed E-state index contributed by atoms with van der Waals surface area (Å²) < 4.78 is 0. The molecule has 1 unspecified atom stereocenters. The van der Waals surface area contributed by atoms with Gasteiger partial charge in [-0.1, -0.05) is 11.6 Å². The van der Waals surface area contributed by atoms with E-state index in [1.54, 1.807) is 0 Å². The second-order valence-corrected chi connectivity index (χ2v) is 3.37. The van der Waals surface area contributed by atoms with Crippen LogP contribution < -0.4 is 0 Å². The zero-order chi connectivity index (χ0) is 10.0. The summed E-state index contributed by atoms with van der Waals surface area (Å²) in [6.07, 6.45) is 2.51. The van der Waals surface area contributed by atoms with Crippen molar-refractivity contribution in [2.45, 2.75) is 26.4 Å². The van der Waals surface area contributed by atoms with E-state index in [0.29, 0.717) is 12.0 Å². The number of allylic oxidation sites excluding steroid dienone is 3. The average molecular weight is 182 g/mol. The van der Waals surface area contributed by atoms with Gasteiger partial charge in [-0.3, -0.25) is 0 Å². The lowest BCUT2D eigenvalue weighted by Crippen LogP contribution is -2.09. The number of hydrogen-bond donors (Lipinski definition) is 3. The minimum Gasteiger partial charge on any atom is -0.509 e. The lowest BCUT2D eigenvalue weighted by Gasteiger charge is -2.07. The van der Waals surface area contributed by atoms with E-state index in [-0.39, 0.29) is 11.5 Å². The van der Waals surface area contributed by atoms with Gasteiger partial charge in [-0.2, -0.15) is 0 Å². The molecule has 1 rings (SSSR count). The van der Waals surface area contributed by atoms with Gasteiger partial charge in [0.05, 0.1) is 0 Å². The highest BCUT2D eigenvalue weighted by atomic mass is 16.3. The van der Waals surface area contributed by atoms with Crippen LogP contribution >= 0.6 is 0 Å². The molecule has 1 atom stereocenters. The standard InChI is InChI=1S/C10H14O3/c1-6(2)3-4-7-8(11)5-9(12)10(7)13/h3,5,10-13H,4H2,1-2H3. The van der Waals surface area contributed by atoms with Crippen LogP contribution in [0, 0.1) is 0 Å². The summed E-state index contributed by atoms with van der Waals surface area (Å²) in [5.41, 5.74) is 1.57. The van der Waals surface area contributed by atoms with Crippen molar-refractivity contribution in [2.24, 2.45) is 0 Å². The van der Waals surface area contributed by atoms with Crippen LogP contribution in [-0.4, -0.2) is 21.4 Å². The van der Waals surface area contributed by atoms with Crippen LogP contribution in [0.2, 0.25) is 0 Å². The fraction of sp³-hybridized carbons (Fsp3) is 0.400. The van der Waals surface area contributed by atoms with E-state index in [1.165, 1.54) is 6.08 Å². The first kappa shape index (κ1) is 9.86. The number of hydrogen-bond acceptors (Lipinski definition) is 3. The molecule has 72 valence electrons. The van der Waals surface area contributed by atoms with Gasteiger partial charge in [0.25, 0.3) is 0 Å². The molecule has 13 heavy (non-hydrogen) atoms. The molecular formula is C10H14O3. The zero-order valence-electron chi connectivity index (χ0n) is 7.78. The molecule has 3 nitrogen and oxygen atoms in total. The van der Waals surface area contributed by atoms with Gasteiger partial charge in [0.1, 0.15) is 17.6 Å². The molecule has 0 saturated carbocycles. The Hall–Kier alpha value is -1.22. The molecule has 0 saturated heterocycles. The molecule has 0 heterocycles. The molecule has 0 aromatic carbocycles. The van der Waals surface area contributed by atoms with Crippen LogP contribution in [0.15, 0.2) is 34.8 Å². The summed E-state index contributed by atoms with van der Waals surface area (Å²) in [7, 11) is 0. The summed E-state index contributed by atoms with van der Waals surface area (Å²) in [6, 6.07) is 0. The summed E-state index contributed by atoms with van der Waals surface area (Å²) in [5, 5.41) is 27.8. The Kier molecular flexibility index (Phi) is 2.78. The Balaban J connectivity index is 2.73. The van der Waals surface area contributed by atoms with E-state index >= 15 is 0 Å². The first-order valence-corrected chi connectivity index (χ1v) is 4.16. The van der Waals surface area contributed by atoms with Gasteiger partial charge in [0.2, 0.25) is 0 Å². The Bertz CT molecular complexity index is 293. The van der Waals surface area contributed by atoms with Crippen molar-refractivity contribution in [1.82, 2.24) is 0 Å². The van der Waals surface area contributed by atoms with Crippen molar-refractivity contribution in [3.8, 4) is 0 Å². The van der Waals surface area contributed by atoms with Gasteiger partial charge in [-0.25, -0.2) is 0 Å². The van der Waals surface area contributed by atoms with Crippen molar-refractivity contribution in [2.75, 3.05) is 0 Å². The van der Waals surface area contributed by atoms with Crippen molar-refractivity contribution in [1.29, 1.82) is 0 Å². The highest BCUT2D eigenvalue weighted by molar-refractivity contribution is 5.38. The van der Waals surface area contributed by atoms with E-state index in [0.717, 1.165) is 5.57 Å². The minimum absolute atomic E-state index is 0.0255. The van der Waals surface area contributed by atoms with Crippen molar-refractivity contribution < 1.29 is 15.3 Å². The number of aliphatic hydroxyl groups excluding tert-OH is 3. The summed E-state index contributed by atoms with van der Waals surface area (Å²) >= 11 is 0. The van der Waals surface area contributed by atoms with Gasteiger partial charge >= 0.3 is 0 Å². The fourth-order valence-electron chi connectivity index (χ4n) is 1.16.